The molecular formula is C11H12N6S2. The SMILES string of the molecule is c1n[nH]c(Sc2nc3sccn3c2CNC2CC2)n1. The molecule has 0 atom stereocenters. The monoisotopic (exact) mass is 292 g/mol. The summed E-state index contributed by atoms with van der Waals surface area (Å²) in [7, 11) is 0. The van der Waals surface area contributed by atoms with Gasteiger partial charge in [0.25, 0.3) is 0 Å². The Labute approximate surface area is 117 Å². The molecule has 1 aliphatic carbocycles. The zero-order valence-electron chi connectivity index (χ0n) is 10.0. The minimum atomic E-state index is 0.687. The minimum absolute atomic E-state index is 0.687. The molecule has 98 valence electrons. The number of hydrogen-bond acceptors (Lipinski definition) is 6. The highest BCUT2D eigenvalue weighted by atomic mass is 32.2. The van der Waals surface area contributed by atoms with Gasteiger partial charge in [-0.3, -0.25) is 9.50 Å². The third-order valence-electron chi connectivity index (χ3n) is 3.05. The van der Waals surface area contributed by atoms with Crippen molar-refractivity contribution in [3.63, 3.8) is 0 Å². The summed E-state index contributed by atoms with van der Waals surface area (Å²) < 4.78 is 2.15. The summed E-state index contributed by atoms with van der Waals surface area (Å²) in [6.45, 7) is 0.846. The van der Waals surface area contributed by atoms with Gasteiger partial charge in [-0.25, -0.2) is 9.97 Å². The van der Waals surface area contributed by atoms with Crippen molar-refractivity contribution < 1.29 is 0 Å². The second-order valence-corrected chi connectivity index (χ2v) is 6.32. The number of rotatable bonds is 5. The molecule has 6 nitrogen and oxygen atoms in total. The van der Waals surface area contributed by atoms with E-state index in [0.717, 1.165) is 21.7 Å². The fourth-order valence-corrected chi connectivity index (χ4v) is 3.51. The first kappa shape index (κ1) is 11.4. The fraction of sp³-hybridized carbons (Fsp3) is 0.364. The van der Waals surface area contributed by atoms with E-state index >= 15 is 0 Å². The van der Waals surface area contributed by atoms with E-state index < -0.39 is 0 Å². The molecule has 1 saturated carbocycles. The van der Waals surface area contributed by atoms with Crippen LogP contribution in [0.15, 0.2) is 28.1 Å². The third kappa shape index (κ3) is 2.26. The molecule has 0 saturated heterocycles. The number of thiazole rings is 1. The van der Waals surface area contributed by atoms with E-state index in [1.54, 1.807) is 11.3 Å². The first-order valence-corrected chi connectivity index (χ1v) is 7.81. The van der Waals surface area contributed by atoms with Gasteiger partial charge in [0.05, 0.1) is 5.69 Å². The maximum Gasteiger partial charge on any atom is 0.194 e. The highest BCUT2D eigenvalue weighted by molar-refractivity contribution is 7.99. The molecule has 1 aliphatic rings. The number of H-pyrrole nitrogens is 1. The summed E-state index contributed by atoms with van der Waals surface area (Å²) in [6, 6.07) is 0.687. The standard InChI is InChI=1S/C11H12N6S2/c1-2-7(1)12-5-8-9(19-10-13-6-14-16-10)15-11-17(8)3-4-18-11/h3-4,6-7,12H,1-2,5H2,(H,13,14,16). The summed E-state index contributed by atoms with van der Waals surface area (Å²) in [5.74, 6) is 0. The van der Waals surface area contributed by atoms with E-state index in [4.69, 9.17) is 0 Å². The summed E-state index contributed by atoms with van der Waals surface area (Å²) in [6.07, 6.45) is 6.16. The second-order valence-electron chi connectivity index (χ2n) is 4.47. The second kappa shape index (κ2) is 4.62. The number of imidazole rings is 1. The molecule has 3 heterocycles. The topological polar surface area (TPSA) is 70.9 Å². The lowest BCUT2D eigenvalue weighted by atomic mass is 10.4. The Morgan fingerprint density at radius 2 is 2.47 bits per heavy atom. The van der Waals surface area contributed by atoms with Gasteiger partial charge in [-0.15, -0.1) is 11.3 Å². The zero-order chi connectivity index (χ0) is 12.7. The van der Waals surface area contributed by atoms with Crippen molar-refractivity contribution >= 4 is 28.1 Å². The van der Waals surface area contributed by atoms with Gasteiger partial charge in [0.2, 0.25) is 0 Å². The van der Waals surface area contributed by atoms with Crippen molar-refractivity contribution in [1.29, 1.82) is 0 Å². The average Bonchev–Trinajstić information content (AvgIpc) is 2.81. The Morgan fingerprint density at radius 3 is 3.26 bits per heavy atom. The van der Waals surface area contributed by atoms with Crippen LogP contribution in [0.25, 0.3) is 4.96 Å². The van der Waals surface area contributed by atoms with Gasteiger partial charge in [-0.05, 0) is 24.6 Å². The molecule has 0 aliphatic heterocycles. The highest BCUT2D eigenvalue weighted by Gasteiger charge is 2.22. The van der Waals surface area contributed by atoms with Gasteiger partial charge in [-0.1, -0.05) is 0 Å². The number of fused-ring (bicyclic) bond motifs is 1. The average molecular weight is 292 g/mol. The predicted molar refractivity (Wildman–Crippen MR) is 73.4 cm³/mol. The van der Waals surface area contributed by atoms with Crippen LogP contribution in [0.2, 0.25) is 0 Å². The Morgan fingerprint density at radius 1 is 1.53 bits per heavy atom. The summed E-state index contributed by atoms with van der Waals surface area (Å²) >= 11 is 3.18. The first-order valence-electron chi connectivity index (χ1n) is 6.11. The molecule has 2 N–H and O–H groups in total. The van der Waals surface area contributed by atoms with Crippen molar-refractivity contribution in [3.05, 3.63) is 23.6 Å². The van der Waals surface area contributed by atoms with Gasteiger partial charge in [-0.2, -0.15) is 5.10 Å². The van der Waals surface area contributed by atoms with Crippen LogP contribution in [0.5, 0.6) is 0 Å². The molecule has 0 aromatic carbocycles. The van der Waals surface area contributed by atoms with Gasteiger partial charge in [0.1, 0.15) is 11.4 Å². The number of nitrogens with one attached hydrogen (secondary N) is 2. The van der Waals surface area contributed by atoms with Crippen molar-refractivity contribution in [1.82, 2.24) is 29.9 Å². The van der Waals surface area contributed by atoms with Crippen LogP contribution in [0.3, 0.4) is 0 Å². The summed E-state index contributed by atoms with van der Waals surface area (Å²) in [5, 5.41) is 14.1. The number of aromatic nitrogens is 5. The molecule has 0 spiro atoms. The Balaban J connectivity index is 1.66. The van der Waals surface area contributed by atoms with E-state index in [-0.39, 0.29) is 0 Å². The fourth-order valence-electron chi connectivity index (χ4n) is 1.92. The van der Waals surface area contributed by atoms with Crippen LogP contribution >= 0.6 is 23.1 Å². The lowest BCUT2D eigenvalue weighted by molar-refractivity contribution is 0.661. The van der Waals surface area contributed by atoms with Gasteiger partial charge >= 0.3 is 0 Å². The Kier molecular flexibility index (Phi) is 2.78. The lowest BCUT2D eigenvalue weighted by Gasteiger charge is -2.03. The van der Waals surface area contributed by atoms with Crippen LogP contribution in [0.1, 0.15) is 18.5 Å². The molecular weight excluding hydrogens is 280 g/mol. The Hall–Kier alpha value is -1.38. The van der Waals surface area contributed by atoms with Gasteiger partial charge < -0.3 is 5.32 Å². The largest absolute Gasteiger partial charge is 0.308 e. The number of nitrogens with zero attached hydrogens (tertiary/aromatic N) is 4. The van der Waals surface area contributed by atoms with E-state index in [1.165, 1.54) is 36.6 Å². The van der Waals surface area contributed by atoms with E-state index in [9.17, 15) is 0 Å². The van der Waals surface area contributed by atoms with E-state index in [0.29, 0.717) is 6.04 Å². The van der Waals surface area contributed by atoms with Crippen LogP contribution in [-0.2, 0) is 6.54 Å². The molecule has 3 aromatic rings. The normalized spacial score (nSPS) is 15.4. The molecule has 1 fully saturated rings. The number of hydrogen-bond donors (Lipinski definition) is 2. The van der Waals surface area contributed by atoms with E-state index in [1.807, 2.05) is 0 Å². The minimum Gasteiger partial charge on any atom is -0.308 e. The maximum atomic E-state index is 4.66. The van der Waals surface area contributed by atoms with Crippen LogP contribution in [0, 0.1) is 0 Å². The van der Waals surface area contributed by atoms with Gasteiger partial charge in [0.15, 0.2) is 10.1 Å². The highest BCUT2D eigenvalue weighted by Crippen LogP contribution is 2.30. The van der Waals surface area contributed by atoms with Gasteiger partial charge in [0, 0.05) is 24.2 Å². The molecule has 4 rings (SSSR count). The lowest BCUT2D eigenvalue weighted by Crippen LogP contribution is -2.16. The molecule has 0 bridgehead atoms. The zero-order valence-corrected chi connectivity index (χ0v) is 11.7. The first-order chi connectivity index (χ1) is 9.40. The summed E-state index contributed by atoms with van der Waals surface area (Å²) in [5.41, 5.74) is 1.20. The van der Waals surface area contributed by atoms with E-state index in [2.05, 4.69) is 41.5 Å². The van der Waals surface area contributed by atoms with Crippen LogP contribution in [0.4, 0.5) is 0 Å². The quantitative estimate of drug-likeness (QED) is 0.752. The molecule has 8 heteroatoms. The maximum absolute atomic E-state index is 4.66. The molecule has 0 amide bonds. The number of aromatic amines is 1. The molecule has 19 heavy (non-hydrogen) atoms. The van der Waals surface area contributed by atoms with Crippen LogP contribution in [-0.4, -0.2) is 30.6 Å². The molecule has 3 aromatic heterocycles. The molecule has 0 unspecified atom stereocenters. The molecule has 0 radical (unpaired) electrons. The summed E-state index contributed by atoms with van der Waals surface area (Å²) in [4.78, 5) is 9.83. The predicted octanol–water partition coefficient (Wildman–Crippen LogP) is 1.92. The van der Waals surface area contributed by atoms with Crippen molar-refractivity contribution in [2.24, 2.45) is 0 Å². The van der Waals surface area contributed by atoms with Crippen molar-refractivity contribution in [3.8, 4) is 0 Å². The van der Waals surface area contributed by atoms with Crippen molar-refractivity contribution in [2.45, 2.75) is 35.6 Å². The third-order valence-corrected chi connectivity index (χ3v) is 4.71. The van der Waals surface area contributed by atoms with Crippen molar-refractivity contribution in [2.75, 3.05) is 0 Å². The van der Waals surface area contributed by atoms with Crippen LogP contribution < -0.4 is 5.32 Å². The Bertz CT molecular complexity index is 681. The smallest absolute Gasteiger partial charge is 0.194 e.